The molecule has 1 aromatic rings. The summed E-state index contributed by atoms with van der Waals surface area (Å²) in [5, 5.41) is 0. The Kier molecular flexibility index (Phi) is 4.30. The summed E-state index contributed by atoms with van der Waals surface area (Å²) in [4.78, 5) is 0. The highest BCUT2D eigenvalue weighted by Gasteiger charge is 2.19. The standard InChI is InChI=1S/C13H22N2/c1-11(14)10-13(2,15)9-8-12-6-4-3-5-7-12/h3-7,11H,8-10,14-15H2,1-2H3/t11-,13?/m1/s1. The molecule has 4 N–H and O–H groups in total. The van der Waals surface area contributed by atoms with Crippen LogP contribution in [-0.2, 0) is 6.42 Å². The molecule has 0 radical (unpaired) electrons. The zero-order chi connectivity index (χ0) is 11.3. The molecule has 0 heterocycles. The summed E-state index contributed by atoms with van der Waals surface area (Å²) in [6.07, 6.45) is 2.89. The van der Waals surface area contributed by atoms with Crippen molar-refractivity contribution in [2.45, 2.75) is 44.7 Å². The number of aryl methyl sites for hydroxylation is 1. The van der Waals surface area contributed by atoms with Crippen molar-refractivity contribution in [3.63, 3.8) is 0 Å². The Balaban J connectivity index is 2.42. The second kappa shape index (κ2) is 5.29. The minimum atomic E-state index is -0.149. The van der Waals surface area contributed by atoms with Gasteiger partial charge in [-0.15, -0.1) is 0 Å². The predicted octanol–water partition coefficient (Wildman–Crippen LogP) is 2.07. The molecule has 1 aromatic carbocycles. The van der Waals surface area contributed by atoms with Crippen LogP contribution in [0.15, 0.2) is 30.3 Å². The third-order valence-corrected chi connectivity index (χ3v) is 2.62. The highest BCUT2D eigenvalue weighted by atomic mass is 14.7. The topological polar surface area (TPSA) is 52.0 Å². The second-order valence-corrected chi connectivity index (χ2v) is 4.82. The van der Waals surface area contributed by atoms with E-state index in [1.54, 1.807) is 0 Å². The smallest absolute Gasteiger partial charge is 0.0143 e. The van der Waals surface area contributed by atoms with Gasteiger partial charge < -0.3 is 11.5 Å². The number of nitrogens with two attached hydrogens (primary N) is 2. The van der Waals surface area contributed by atoms with Gasteiger partial charge in [0.1, 0.15) is 0 Å². The zero-order valence-electron chi connectivity index (χ0n) is 9.74. The van der Waals surface area contributed by atoms with Crippen molar-refractivity contribution >= 4 is 0 Å². The highest BCUT2D eigenvalue weighted by molar-refractivity contribution is 5.15. The van der Waals surface area contributed by atoms with Crippen LogP contribution >= 0.6 is 0 Å². The molecule has 1 rings (SSSR count). The summed E-state index contributed by atoms with van der Waals surface area (Å²) < 4.78 is 0. The van der Waals surface area contributed by atoms with Gasteiger partial charge in [0.25, 0.3) is 0 Å². The third-order valence-electron chi connectivity index (χ3n) is 2.62. The largest absolute Gasteiger partial charge is 0.328 e. The lowest BCUT2D eigenvalue weighted by atomic mass is 9.88. The number of hydrogen-bond donors (Lipinski definition) is 2. The first-order chi connectivity index (χ1) is 6.99. The van der Waals surface area contributed by atoms with E-state index in [1.807, 2.05) is 13.0 Å². The minimum absolute atomic E-state index is 0.149. The number of rotatable bonds is 5. The molecule has 15 heavy (non-hydrogen) atoms. The normalized spacial score (nSPS) is 17.1. The average molecular weight is 206 g/mol. The van der Waals surface area contributed by atoms with Crippen molar-refractivity contribution in [3.05, 3.63) is 35.9 Å². The molecule has 0 aliphatic rings. The summed E-state index contributed by atoms with van der Waals surface area (Å²) >= 11 is 0. The van der Waals surface area contributed by atoms with Crippen LogP contribution in [0.2, 0.25) is 0 Å². The van der Waals surface area contributed by atoms with E-state index in [9.17, 15) is 0 Å². The van der Waals surface area contributed by atoms with Gasteiger partial charge in [-0.1, -0.05) is 30.3 Å². The molecule has 0 spiro atoms. The lowest BCUT2D eigenvalue weighted by molar-refractivity contribution is 0.374. The first-order valence-electron chi connectivity index (χ1n) is 5.58. The summed E-state index contributed by atoms with van der Waals surface area (Å²) in [5.41, 5.74) is 13.2. The fourth-order valence-corrected chi connectivity index (χ4v) is 1.91. The molecule has 0 amide bonds. The number of benzene rings is 1. The van der Waals surface area contributed by atoms with Crippen LogP contribution in [-0.4, -0.2) is 11.6 Å². The first-order valence-corrected chi connectivity index (χ1v) is 5.58. The van der Waals surface area contributed by atoms with Crippen molar-refractivity contribution in [2.75, 3.05) is 0 Å². The van der Waals surface area contributed by atoms with Crippen LogP contribution < -0.4 is 11.5 Å². The van der Waals surface area contributed by atoms with Crippen molar-refractivity contribution in [1.29, 1.82) is 0 Å². The molecule has 84 valence electrons. The average Bonchev–Trinajstić information content (AvgIpc) is 2.15. The van der Waals surface area contributed by atoms with Crippen LogP contribution in [0.1, 0.15) is 32.3 Å². The van der Waals surface area contributed by atoms with E-state index in [1.165, 1.54) is 5.56 Å². The maximum absolute atomic E-state index is 6.19. The summed E-state index contributed by atoms with van der Waals surface area (Å²) in [6.45, 7) is 4.09. The van der Waals surface area contributed by atoms with Gasteiger partial charge in [-0.25, -0.2) is 0 Å². The Morgan fingerprint density at radius 2 is 1.87 bits per heavy atom. The van der Waals surface area contributed by atoms with Gasteiger partial charge in [0, 0.05) is 11.6 Å². The van der Waals surface area contributed by atoms with Crippen LogP contribution in [0, 0.1) is 0 Å². The molecule has 0 bridgehead atoms. The van der Waals surface area contributed by atoms with E-state index in [2.05, 4.69) is 31.2 Å². The highest BCUT2D eigenvalue weighted by Crippen LogP contribution is 2.16. The summed E-state index contributed by atoms with van der Waals surface area (Å²) in [5.74, 6) is 0. The Morgan fingerprint density at radius 3 is 2.40 bits per heavy atom. The SMILES string of the molecule is C[C@@H](N)CC(C)(N)CCc1ccccc1. The quantitative estimate of drug-likeness (QED) is 0.775. The van der Waals surface area contributed by atoms with Crippen molar-refractivity contribution in [2.24, 2.45) is 11.5 Å². The van der Waals surface area contributed by atoms with Crippen LogP contribution in [0.25, 0.3) is 0 Å². The van der Waals surface area contributed by atoms with Crippen molar-refractivity contribution in [3.8, 4) is 0 Å². The zero-order valence-corrected chi connectivity index (χ0v) is 9.74. The lowest BCUT2D eigenvalue weighted by Gasteiger charge is -2.26. The monoisotopic (exact) mass is 206 g/mol. The molecule has 0 aliphatic carbocycles. The second-order valence-electron chi connectivity index (χ2n) is 4.82. The molecule has 0 saturated carbocycles. The molecule has 0 aromatic heterocycles. The predicted molar refractivity (Wildman–Crippen MR) is 65.6 cm³/mol. The third kappa shape index (κ3) is 4.96. The molecule has 2 nitrogen and oxygen atoms in total. The van der Waals surface area contributed by atoms with Gasteiger partial charge in [0.05, 0.1) is 0 Å². The van der Waals surface area contributed by atoms with Gasteiger partial charge >= 0.3 is 0 Å². The van der Waals surface area contributed by atoms with Crippen LogP contribution in [0.4, 0.5) is 0 Å². The van der Waals surface area contributed by atoms with E-state index in [0.29, 0.717) is 0 Å². The minimum Gasteiger partial charge on any atom is -0.328 e. The van der Waals surface area contributed by atoms with Gasteiger partial charge in [-0.2, -0.15) is 0 Å². The first kappa shape index (κ1) is 12.2. The van der Waals surface area contributed by atoms with E-state index in [-0.39, 0.29) is 11.6 Å². The fraction of sp³-hybridized carbons (Fsp3) is 0.538. The van der Waals surface area contributed by atoms with Crippen molar-refractivity contribution < 1.29 is 0 Å². The van der Waals surface area contributed by atoms with E-state index in [0.717, 1.165) is 19.3 Å². The van der Waals surface area contributed by atoms with Gasteiger partial charge in [0.15, 0.2) is 0 Å². The summed E-state index contributed by atoms with van der Waals surface area (Å²) in [6, 6.07) is 10.6. The summed E-state index contributed by atoms with van der Waals surface area (Å²) in [7, 11) is 0. The Bertz CT molecular complexity index is 278. The van der Waals surface area contributed by atoms with E-state index < -0.39 is 0 Å². The Hall–Kier alpha value is -0.860. The van der Waals surface area contributed by atoms with Gasteiger partial charge in [0.2, 0.25) is 0 Å². The van der Waals surface area contributed by atoms with E-state index in [4.69, 9.17) is 11.5 Å². The maximum Gasteiger partial charge on any atom is 0.0143 e. The molecule has 0 fully saturated rings. The molecule has 2 heteroatoms. The molecular formula is C13H22N2. The maximum atomic E-state index is 6.19. The fourth-order valence-electron chi connectivity index (χ4n) is 1.91. The van der Waals surface area contributed by atoms with Crippen molar-refractivity contribution in [1.82, 2.24) is 0 Å². The lowest BCUT2D eigenvalue weighted by Crippen LogP contribution is -2.41. The van der Waals surface area contributed by atoms with Crippen LogP contribution in [0.3, 0.4) is 0 Å². The Labute approximate surface area is 92.7 Å². The molecular weight excluding hydrogens is 184 g/mol. The molecule has 2 atom stereocenters. The molecule has 0 saturated heterocycles. The van der Waals surface area contributed by atoms with Gasteiger partial charge in [-0.05, 0) is 38.7 Å². The molecule has 0 aliphatic heterocycles. The Morgan fingerprint density at radius 1 is 1.27 bits per heavy atom. The molecule has 1 unspecified atom stereocenters. The van der Waals surface area contributed by atoms with Gasteiger partial charge in [-0.3, -0.25) is 0 Å². The number of hydrogen-bond acceptors (Lipinski definition) is 2. The van der Waals surface area contributed by atoms with Crippen LogP contribution in [0.5, 0.6) is 0 Å². The van der Waals surface area contributed by atoms with E-state index >= 15 is 0 Å².